The summed E-state index contributed by atoms with van der Waals surface area (Å²) in [6, 6.07) is -1.50. The van der Waals surface area contributed by atoms with Crippen molar-refractivity contribution in [2.45, 2.75) is 18.9 Å². The lowest BCUT2D eigenvalue weighted by Gasteiger charge is -2.27. The number of rotatable bonds is 1. The van der Waals surface area contributed by atoms with Crippen molar-refractivity contribution >= 4 is 23.6 Å². The lowest BCUT2D eigenvalue weighted by atomic mass is 10.0. The minimum atomic E-state index is -2.23. The number of amides is 4. The Kier molecular flexibility index (Phi) is 3.20. The van der Waals surface area contributed by atoms with Crippen LogP contribution in [0.25, 0.3) is 0 Å². The van der Waals surface area contributed by atoms with E-state index in [-0.39, 0.29) is 17.7 Å². The molecule has 1 N–H and O–H groups in total. The molecule has 0 unspecified atom stereocenters. The topological polar surface area (TPSA) is 83.6 Å². The molecule has 4 amide bonds. The Morgan fingerprint density at radius 1 is 0.826 bits per heavy atom. The monoisotopic (exact) mass is 330 g/mol. The van der Waals surface area contributed by atoms with Crippen LogP contribution in [-0.4, -0.2) is 34.6 Å². The van der Waals surface area contributed by atoms with Gasteiger partial charge in [-0.25, -0.2) is 17.6 Å². The minimum absolute atomic E-state index is 0.206. The van der Waals surface area contributed by atoms with Crippen LogP contribution in [0.15, 0.2) is 0 Å². The fourth-order valence-corrected chi connectivity index (χ4v) is 2.58. The van der Waals surface area contributed by atoms with Crippen molar-refractivity contribution in [2.24, 2.45) is 0 Å². The SMILES string of the molecule is O=C1CC[C@@H](N2C(=O)c3c(F)c(F)c(F)c(F)c3C2=O)C(=O)N1. The van der Waals surface area contributed by atoms with E-state index >= 15 is 0 Å². The normalized spacial score (nSPS) is 20.9. The van der Waals surface area contributed by atoms with Gasteiger partial charge in [0.2, 0.25) is 11.8 Å². The lowest BCUT2D eigenvalue weighted by molar-refractivity contribution is -0.136. The number of carbonyl (C=O) groups is 4. The molecule has 2 heterocycles. The second-order valence-corrected chi connectivity index (χ2v) is 4.95. The smallest absolute Gasteiger partial charge is 0.265 e. The highest BCUT2D eigenvalue weighted by atomic mass is 19.2. The van der Waals surface area contributed by atoms with Gasteiger partial charge >= 0.3 is 0 Å². The molecule has 1 saturated heterocycles. The number of nitrogens with zero attached hydrogens (tertiary/aromatic N) is 1. The third-order valence-corrected chi connectivity index (χ3v) is 3.65. The summed E-state index contributed by atoms with van der Waals surface area (Å²) in [4.78, 5) is 47.2. The Labute approximate surface area is 125 Å². The Bertz CT molecular complexity index is 761. The van der Waals surface area contributed by atoms with Crippen LogP contribution >= 0.6 is 0 Å². The van der Waals surface area contributed by atoms with Crippen molar-refractivity contribution in [3.63, 3.8) is 0 Å². The fourth-order valence-electron chi connectivity index (χ4n) is 2.58. The van der Waals surface area contributed by atoms with Gasteiger partial charge in [0.1, 0.15) is 6.04 Å². The van der Waals surface area contributed by atoms with Gasteiger partial charge < -0.3 is 0 Å². The van der Waals surface area contributed by atoms with Gasteiger partial charge in [-0.15, -0.1) is 0 Å². The second kappa shape index (κ2) is 4.86. The van der Waals surface area contributed by atoms with Crippen LogP contribution in [0.4, 0.5) is 17.6 Å². The quantitative estimate of drug-likeness (QED) is 0.355. The number of hydrogen-bond donors (Lipinski definition) is 1. The molecule has 0 saturated carbocycles. The number of nitrogens with one attached hydrogen (secondary N) is 1. The van der Waals surface area contributed by atoms with E-state index in [1.165, 1.54) is 0 Å². The molecular formula is C13H6F4N2O4. The van der Waals surface area contributed by atoms with Gasteiger partial charge in [-0.2, -0.15) is 0 Å². The molecule has 1 aromatic carbocycles. The van der Waals surface area contributed by atoms with Crippen LogP contribution in [0.1, 0.15) is 33.6 Å². The van der Waals surface area contributed by atoms with Crippen LogP contribution in [0.3, 0.4) is 0 Å². The molecule has 1 atom stereocenters. The molecular weight excluding hydrogens is 324 g/mol. The highest BCUT2D eigenvalue weighted by Crippen LogP contribution is 2.33. The zero-order valence-corrected chi connectivity index (χ0v) is 11.1. The van der Waals surface area contributed by atoms with E-state index < -0.39 is 64.1 Å². The summed E-state index contributed by atoms with van der Waals surface area (Å²) in [5.41, 5.74) is -2.53. The summed E-state index contributed by atoms with van der Waals surface area (Å²) >= 11 is 0. The van der Waals surface area contributed by atoms with Crippen LogP contribution in [0.2, 0.25) is 0 Å². The molecule has 2 aliphatic heterocycles. The van der Waals surface area contributed by atoms with E-state index in [1.807, 2.05) is 5.32 Å². The highest BCUT2D eigenvalue weighted by Gasteiger charge is 2.49. The molecule has 23 heavy (non-hydrogen) atoms. The molecule has 0 aliphatic carbocycles. The second-order valence-electron chi connectivity index (χ2n) is 4.95. The average molecular weight is 330 g/mol. The zero-order chi connectivity index (χ0) is 17.0. The number of benzene rings is 1. The van der Waals surface area contributed by atoms with E-state index in [0.717, 1.165) is 0 Å². The average Bonchev–Trinajstić information content (AvgIpc) is 2.75. The van der Waals surface area contributed by atoms with Gasteiger partial charge in [-0.05, 0) is 6.42 Å². The molecule has 0 radical (unpaired) electrons. The van der Waals surface area contributed by atoms with E-state index in [9.17, 15) is 36.7 Å². The largest absolute Gasteiger partial charge is 0.295 e. The summed E-state index contributed by atoms with van der Waals surface area (Å²) in [5, 5.41) is 1.87. The van der Waals surface area contributed by atoms with Gasteiger partial charge in [-0.3, -0.25) is 29.4 Å². The Morgan fingerprint density at radius 3 is 1.74 bits per heavy atom. The van der Waals surface area contributed by atoms with E-state index in [4.69, 9.17) is 0 Å². The summed E-state index contributed by atoms with van der Waals surface area (Å²) in [5.74, 6) is -13.1. The molecule has 0 bridgehead atoms. The van der Waals surface area contributed by atoms with Crippen molar-refractivity contribution in [2.75, 3.05) is 0 Å². The number of imide groups is 2. The van der Waals surface area contributed by atoms with E-state index in [0.29, 0.717) is 0 Å². The number of piperidine rings is 1. The summed E-state index contributed by atoms with van der Waals surface area (Å²) < 4.78 is 54.0. The third kappa shape index (κ3) is 1.94. The predicted molar refractivity (Wildman–Crippen MR) is 62.9 cm³/mol. The molecule has 120 valence electrons. The zero-order valence-electron chi connectivity index (χ0n) is 11.1. The first kappa shape index (κ1) is 15.1. The van der Waals surface area contributed by atoms with Crippen LogP contribution in [0, 0.1) is 23.3 Å². The first-order valence-electron chi connectivity index (χ1n) is 6.33. The van der Waals surface area contributed by atoms with Gasteiger partial charge in [0.25, 0.3) is 11.8 Å². The van der Waals surface area contributed by atoms with E-state index in [2.05, 4.69) is 0 Å². The van der Waals surface area contributed by atoms with Crippen LogP contribution in [0.5, 0.6) is 0 Å². The summed E-state index contributed by atoms with van der Waals surface area (Å²) in [7, 11) is 0. The fraction of sp³-hybridized carbons (Fsp3) is 0.231. The maximum absolute atomic E-state index is 13.7. The molecule has 3 rings (SSSR count). The van der Waals surface area contributed by atoms with Gasteiger partial charge in [0.15, 0.2) is 23.3 Å². The molecule has 1 fully saturated rings. The van der Waals surface area contributed by atoms with Gasteiger partial charge in [0, 0.05) is 6.42 Å². The van der Waals surface area contributed by atoms with Crippen molar-refractivity contribution in [3.8, 4) is 0 Å². The highest BCUT2D eigenvalue weighted by molar-refractivity contribution is 6.23. The lowest BCUT2D eigenvalue weighted by Crippen LogP contribution is -2.54. The summed E-state index contributed by atoms with van der Waals surface area (Å²) in [6.45, 7) is 0. The molecule has 6 nitrogen and oxygen atoms in total. The maximum Gasteiger partial charge on any atom is 0.265 e. The molecule has 0 aromatic heterocycles. The molecule has 1 aromatic rings. The molecule has 2 aliphatic rings. The minimum Gasteiger partial charge on any atom is -0.295 e. The van der Waals surface area contributed by atoms with Crippen molar-refractivity contribution < 1.29 is 36.7 Å². The number of fused-ring (bicyclic) bond motifs is 1. The Balaban J connectivity index is 2.12. The number of hydrogen-bond acceptors (Lipinski definition) is 4. The van der Waals surface area contributed by atoms with Gasteiger partial charge in [-0.1, -0.05) is 0 Å². The molecule has 10 heteroatoms. The van der Waals surface area contributed by atoms with Crippen molar-refractivity contribution in [1.82, 2.24) is 10.2 Å². The third-order valence-electron chi connectivity index (χ3n) is 3.65. The molecule has 0 spiro atoms. The van der Waals surface area contributed by atoms with Crippen molar-refractivity contribution in [1.29, 1.82) is 0 Å². The predicted octanol–water partition coefficient (Wildman–Crippen LogP) is 0.644. The first-order chi connectivity index (χ1) is 10.8. The van der Waals surface area contributed by atoms with Crippen LogP contribution < -0.4 is 5.32 Å². The Morgan fingerprint density at radius 2 is 1.30 bits per heavy atom. The summed E-state index contributed by atoms with van der Waals surface area (Å²) in [6.07, 6.45) is -0.470. The number of halogens is 4. The standard InChI is InChI=1S/C13H6F4N2O4/c14-7-5-6(8(15)10(17)9(7)16)13(23)19(12(5)22)3-1-2-4(20)18-11(3)21/h3H,1-2H2,(H,18,20,21)/t3-/m1/s1. The first-order valence-corrected chi connectivity index (χ1v) is 6.33. The van der Waals surface area contributed by atoms with Crippen LogP contribution in [-0.2, 0) is 9.59 Å². The Hall–Kier alpha value is -2.78. The van der Waals surface area contributed by atoms with E-state index in [1.54, 1.807) is 0 Å². The van der Waals surface area contributed by atoms with Gasteiger partial charge in [0.05, 0.1) is 11.1 Å². The number of carbonyl (C=O) groups excluding carboxylic acids is 4. The van der Waals surface area contributed by atoms with Crippen molar-refractivity contribution in [3.05, 3.63) is 34.4 Å². The maximum atomic E-state index is 13.7.